The van der Waals surface area contributed by atoms with Gasteiger partial charge in [0.25, 0.3) is 0 Å². The maximum absolute atomic E-state index is 11.0. The summed E-state index contributed by atoms with van der Waals surface area (Å²) in [5, 5.41) is 0. The van der Waals surface area contributed by atoms with Gasteiger partial charge in [-0.2, -0.15) is 0 Å². The van der Waals surface area contributed by atoms with Gasteiger partial charge in [-0.05, 0) is 43.9 Å². The average Bonchev–Trinajstić information content (AvgIpc) is 2.24. The van der Waals surface area contributed by atoms with E-state index in [9.17, 15) is 9.59 Å². The molecule has 4 heteroatoms. The summed E-state index contributed by atoms with van der Waals surface area (Å²) in [6, 6.07) is 0. The molecule has 0 N–H and O–H groups in total. The zero-order valence-corrected chi connectivity index (χ0v) is 10.5. The van der Waals surface area contributed by atoms with Crippen molar-refractivity contribution in [1.82, 2.24) is 0 Å². The Bertz CT molecular complexity index is 283. The number of esters is 2. The number of rotatable bonds is 2. The van der Waals surface area contributed by atoms with Gasteiger partial charge in [-0.15, -0.1) is 0 Å². The van der Waals surface area contributed by atoms with Crippen LogP contribution in [0.25, 0.3) is 0 Å². The molecular formula is C13H20O4. The predicted octanol–water partition coefficient (Wildman–Crippen LogP) is 2.06. The lowest BCUT2D eigenvalue weighted by Gasteiger charge is -2.43. The summed E-state index contributed by atoms with van der Waals surface area (Å²) in [7, 11) is 0. The van der Waals surface area contributed by atoms with Gasteiger partial charge in [-0.25, -0.2) is 0 Å². The van der Waals surface area contributed by atoms with Crippen LogP contribution in [0.3, 0.4) is 0 Å². The van der Waals surface area contributed by atoms with Gasteiger partial charge in [0, 0.05) is 13.8 Å². The lowest BCUT2D eigenvalue weighted by atomic mass is 9.69. The molecule has 2 rings (SSSR count). The number of fused-ring (bicyclic) bond motifs is 2. The molecule has 0 aromatic carbocycles. The van der Waals surface area contributed by atoms with Gasteiger partial charge in [0.15, 0.2) is 0 Å². The summed E-state index contributed by atoms with van der Waals surface area (Å²) in [6.07, 6.45) is 5.00. The van der Waals surface area contributed by atoms with Crippen molar-refractivity contribution in [2.45, 2.75) is 58.2 Å². The van der Waals surface area contributed by atoms with Crippen LogP contribution in [-0.4, -0.2) is 24.1 Å². The highest BCUT2D eigenvalue weighted by Crippen LogP contribution is 2.42. The first-order valence-corrected chi connectivity index (χ1v) is 6.40. The molecule has 0 aliphatic heterocycles. The summed E-state index contributed by atoms with van der Waals surface area (Å²) in [4.78, 5) is 22.0. The van der Waals surface area contributed by atoms with Gasteiger partial charge in [0.05, 0.1) is 0 Å². The SMILES string of the molecule is CC(=O)O[C@H]1CC[C@H]2C[C@H]1CC[C@@H]2OC(C)=O. The summed E-state index contributed by atoms with van der Waals surface area (Å²) >= 11 is 0. The fourth-order valence-corrected chi connectivity index (χ4v) is 3.26. The van der Waals surface area contributed by atoms with E-state index < -0.39 is 0 Å². The van der Waals surface area contributed by atoms with Crippen molar-refractivity contribution in [2.75, 3.05) is 0 Å². The van der Waals surface area contributed by atoms with E-state index in [1.807, 2.05) is 0 Å². The van der Waals surface area contributed by atoms with Crippen LogP contribution in [0, 0.1) is 11.8 Å². The lowest BCUT2D eigenvalue weighted by Crippen LogP contribution is -2.42. The van der Waals surface area contributed by atoms with Crippen LogP contribution in [0.5, 0.6) is 0 Å². The van der Waals surface area contributed by atoms with E-state index in [-0.39, 0.29) is 24.1 Å². The van der Waals surface area contributed by atoms with Crippen molar-refractivity contribution in [2.24, 2.45) is 11.8 Å². The lowest BCUT2D eigenvalue weighted by molar-refractivity contribution is -0.161. The van der Waals surface area contributed by atoms with Crippen molar-refractivity contribution < 1.29 is 19.1 Å². The Balaban J connectivity index is 1.91. The summed E-state index contributed by atoms with van der Waals surface area (Å²) < 4.78 is 10.7. The summed E-state index contributed by atoms with van der Waals surface area (Å²) in [5.74, 6) is 0.556. The Morgan fingerprint density at radius 2 is 1.24 bits per heavy atom. The molecule has 0 heterocycles. The van der Waals surface area contributed by atoms with Crippen molar-refractivity contribution >= 4 is 11.9 Å². The normalized spacial score (nSPS) is 36.1. The molecule has 4 nitrogen and oxygen atoms in total. The fraction of sp³-hybridized carbons (Fsp3) is 0.846. The van der Waals surface area contributed by atoms with Crippen molar-refractivity contribution in [1.29, 1.82) is 0 Å². The zero-order chi connectivity index (χ0) is 12.4. The second kappa shape index (κ2) is 5.07. The van der Waals surface area contributed by atoms with Crippen LogP contribution >= 0.6 is 0 Å². The summed E-state index contributed by atoms with van der Waals surface area (Å²) in [5.41, 5.74) is 0. The zero-order valence-electron chi connectivity index (χ0n) is 10.5. The van der Waals surface area contributed by atoms with Gasteiger partial charge in [-0.3, -0.25) is 9.59 Å². The third-order valence-corrected chi connectivity index (χ3v) is 3.94. The molecule has 4 atom stereocenters. The van der Waals surface area contributed by atoms with Crippen LogP contribution in [0.1, 0.15) is 46.0 Å². The molecule has 0 radical (unpaired) electrons. The van der Waals surface area contributed by atoms with Crippen molar-refractivity contribution in [3.05, 3.63) is 0 Å². The molecule has 2 saturated carbocycles. The van der Waals surface area contributed by atoms with Crippen LogP contribution < -0.4 is 0 Å². The third kappa shape index (κ3) is 2.99. The molecule has 2 fully saturated rings. The topological polar surface area (TPSA) is 52.6 Å². The summed E-state index contributed by atoms with van der Waals surface area (Å²) in [6.45, 7) is 2.94. The minimum atomic E-state index is -0.185. The second-order valence-electron chi connectivity index (χ2n) is 5.21. The highest BCUT2D eigenvalue weighted by atomic mass is 16.5. The molecule has 2 aliphatic rings. The Morgan fingerprint density at radius 3 is 1.59 bits per heavy atom. The molecule has 0 saturated heterocycles. The monoisotopic (exact) mass is 240 g/mol. The van der Waals surface area contributed by atoms with Crippen LogP contribution in [0.15, 0.2) is 0 Å². The largest absolute Gasteiger partial charge is 0.462 e. The minimum Gasteiger partial charge on any atom is -0.462 e. The smallest absolute Gasteiger partial charge is 0.302 e. The second-order valence-corrected chi connectivity index (χ2v) is 5.21. The third-order valence-electron chi connectivity index (χ3n) is 3.94. The minimum absolute atomic E-state index is 0.0852. The highest BCUT2D eigenvalue weighted by molar-refractivity contribution is 5.66. The molecule has 2 aliphatic carbocycles. The molecule has 0 spiro atoms. The molecule has 96 valence electrons. The number of hydrogen-bond acceptors (Lipinski definition) is 4. The van der Waals surface area contributed by atoms with E-state index in [0.717, 1.165) is 32.1 Å². The van der Waals surface area contributed by atoms with Crippen LogP contribution in [-0.2, 0) is 19.1 Å². The Morgan fingerprint density at radius 1 is 0.824 bits per heavy atom. The highest BCUT2D eigenvalue weighted by Gasteiger charge is 2.41. The van der Waals surface area contributed by atoms with E-state index in [0.29, 0.717) is 11.8 Å². The molecule has 0 amide bonds. The maximum atomic E-state index is 11.0. The first-order chi connectivity index (χ1) is 8.06. The van der Waals surface area contributed by atoms with Crippen LogP contribution in [0.4, 0.5) is 0 Å². The van der Waals surface area contributed by atoms with Crippen molar-refractivity contribution in [3.63, 3.8) is 0 Å². The van der Waals surface area contributed by atoms with E-state index in [4.69, 9.17) is 9.47 Å². The molecule has 2 bridgehead atoms. The predicted molar refractivity (Wildman–Crippen MR) is 61.2 cm³/mol. The quantitative estimate of drug-likeness (QED) is 0.693. The standard InChI is InChI=1S/C13H20O4/c1-8(14)16-12-5-3-11-7-10(12)4-6-13(11)17-9(2)15/h10-13H,3-7H2,1-2H3/t10-,11+,12-,13-/m0/s1. The van der Waals surface area contributed by atoms with Gasteiger partial charge in [-0.1, -0.05) is 0 Å². The number of carbonyl (C=O) groups excluding carboxylic acids is 2. The molecule has 17 heavy (non-hydrogen) atoms. The van der Waals surface area contributed by atoms with E-state index in [2.05, 4.69) is 0 Å². The first-order valence-electron chi connectivity index (χ1n) is 6.40. The van der Waals surface area contributed by atoms with Crippen molar-refractivity contribution in [3.8, 4) is 0 Å². The Hall–Kier alpha value is -1.06. The average molecular weight is 240 g/mol. The van der Waals surface area contributed by atoms with Crippen LogP contribution in [0.2, 0.25) is 0 Å². The molecule has 0 aromatic rings. The molecule has 0 unspecified atom stereocenters. The number of hydrogen-bond donors (Lipinski definition) is 0. The van der Waals surface area contributed by atoms with Gasteiger partial charge < -0.3 is 9.47 Å². The van der Waals surface area contributed by atoms with Gasteiger partial charge in [0.2, 0.25) is 0 Å². The molecule has 0 aromatic heterocycles. The van der Waals surface area contributed by atoms with Gasteiger partial charge >= 0.3 is 11.9 Å². The maximum Gasteiger partial charge on any atom is 0.302 e. The fourth-order valence-electron chi connectivity index (χ4n) is 3.26. The Kier molecular flexibility index (Phi) is 3.69. The van der Waals surface area contributed by atoms with Gasteiger partial charge in [0.1, 0.15) is 12.2 Å². The van der Waals surface area contributed by atoms with E-state index in [1.54, 1.807) is 0 Å². The van der Waals surface area contributed by atoms with E-state index in [1.165, 1.54) is 13.8 Å². The number of ether oxygens (including phenoxy) is 2. The first kappa shape index (κ1) is 12.4. The number of carbonyl (C=O) groups is 2. The molecular weight excluding hydrogens is 220 g/mol. The van der Waals surface area contributed by atoms with E-state index >= 15 is 0 Å². The Labute approximate surface area is 102 Å².